The molecule has 0 saturated carbocycles. The Morgan fingerprint density at radius 3 is 2.57 bits per heavy atom. The number of thiophene rings is 1. The number of rotatable bonds is 4. The molecular formula is C17H20N2OS. The summed E-state index contributed by atoms with van der Waals surface area (Å²) >= 11 is 1.69. The number of hydrogen-bond acceptors (Lipinski definition) is 3. The molecule has 0 spiro atoms. The molecule has 2 aromatic rings. The fourth-order valence-electron chi connectivity index (χ4n) is 2.76. The molecule has 3 rings (SSSR count). The molecule has 0 radical (unpaired) electrons. The molecule has 1 aliphatic heterocycles. The summed E-state index contributed by atoms with van der Waals surface area (Å²) in [6.07, 6.45) is 1.86. The van der Waals surface area contributed by atoms with Crippen molar-refractivity contribution in [3.8, 4) is 0 Å². The van der Waals surface area contributed by atoms with Crippen LogP contribution in [0.4, 0.5) is 0 Å². The zero-order chi connectivity index (χ0) is 14.5. The van der Waals surface area contributed by atoms with E-state index in [1.54, 1.807) is 11.3 Å². The number of piperidine rings is 1. The Balaban J connectivity index is 1.78. The molecule has 1 unspecified atom stereocenters. The Labute approximate surface area is 129 Å². The van der Waals surface area contributed by atoms with Crippen LogP contribution >= 0.6 is 11.3 Å². The highest BCUT2D eigenvalue weighted by molar-refractivity contribution is 7.10. The van der Waals surface area contributed by atoms with E-state index in [0.717, 1.165) is 31.5 Å². The highest BCUT2D eigenvalue weighted by Gasteiger charge is 2.25. The van der Waals surface area contributed by atoms with Gasteiger partial charge in [-0.25, -0.2) is 0 Å². The maximum Gasteiger partial charge on any atom is 0.223 e. The van der Waals surface area contributed by atoms with Crippen LogP contribution in [0.2, 0.25) is 0 Å². The van der Waals surface area contributed by atoms with Crippen molar-refractivity contribution < 1.29 is 4.79 Å². The van der Waals surface area contributed by atoms with Crippen LogP contribution in [0.3, 0.4) is 0 Å². The first-order valence-electron chi connectivity index (χ1n) is 7.44. The van der Waals surface area contributed by atoms with Crippen LogP contribution < -0.4 is 10.6 Å². The zero-order valence-corrected chi connectivity index (χ0v) is 12.7. The highest BCUT2D eigenvalue weighted by Crippen LogP contribution is 2.27. The number of benzene rings is 1. The molecule has 1 aliphatic rings. The van der Waals surface area contributed by atoms with Crippen molar-refractivity contribution in [2.45, 2.75) is 18.9 Å². The van der Waals surface area contributed by atoms with Crippen molar-refractivity contribution in [2.75, 3.05) is 13.1 Å². The Morgan fingerprint density at radius 2 is 1.90 bits per heavy atom. The smallest absolute Gasteiger partial charge is 0.223 e. The van der Waals surface area contributed by atoms with Gasteiger partial charge < -0.3 is 10.6 Å². The lowest BCUT2D eigenvalue weighted by Crippen LogP contribution is -2.39. The first kappa shape index (κ1) is 14.3. The van der Waals surface area contributed by atoms with E-state index in [1.807, 2.05) is 24.3 Å². The number of amides is 1. The maximum absolute atomic E-state index is 12.5. The second-order valence-corrected chi connectivity index (χ2v) is 6.37. The topological polar surface area (TPSA) is 41.1 Å². The van der Waals surface area contributed by atoms with Crippen LogP contribution in [0.1, 0.15) is 29.3 Å². The van der Waals surface area contributed by atoms with Gasteiger partial charge in [-0.2, -0.15) is 0 Å². The summed E-state index contributed by atoms with van der Waals surface area (Å²) < 4.78 is 0. The Bertz CT molecular complexity index is 562. The van der Waals surface area contributed by atoms with Gasteiger partial charge in [-0.15, -0.1) is 11.3 Å². The van der Waals surface area contributed by atoms with E-state index in [4.69, 9.17) is 0 Å². The van der Waals surface area contributed by atoms with Gasteiger partial charge in [0.25, 0.3) is 0 Å². The van der Waals surface area contributed by atoms with E-state index in [-0.39, 0.29) is 17.9 Å². The summed E-state index contributed by atoms with van der Waals surface area (Å²) in [5.41, 5.74) is 1.14. The van der Waals surface area contributed by atoms with E-state index >= 15 is 0 Å². The Hall–Kier alpha value is -1.65. The molecule has 3 nitrogen and oxygen atoms in total. The van der Waals surface area contributed by atoms with Gasteiger partial charge in [-0.1, -0.05) is 36.4 Å². The molecule has 1 aromatic carbocycles. The van der Waals surface area contributed by atoms with Crippen LogP contribution in [-0.2, 0) is 4.79 Å². The quantitative estimate of drug-likeness (QED) is 0.911. The van der Waals surface area contributed by atoms with Gasteiger partial charge >= 0.3 is 0 Å². The van der Waals surface area contributed by atoms with Crippen LogP contribution in [0, 0.1) is 5.92 Å². The summed E-state index contributed by atoms with van der Waals surface area (Å²) in [5, 5.41) is 8.61. The largest absolute Gasteiger partial charge is 0.344 e. The third-order valence-corrected chi connectivity index (χ3v) is 4.89. The lowest BCUT2D eigenvalue weighted by Gasteiger charge is -2.25. The lowest BCUT2D eigenvalue weighted by molar-refractivity contribution is -0.126. The predicted octanol–water partition coefficient (Wildman–Crippen LogP) is 2.95. The van der Waals surface area contributed by atoms with Crippen molar-refractivity contribution in [2.24, 2.45) is 5.92 Å². The molecule has 2 heterocycles. The highest BCUT2D eigenvalue weighted by atomic mass is 32.1. The molecule has 21 heavy (non-hydrogen) atoms. The maximum atomic E-state index is 12.5. The van der Waals surface area contributed by atoms with Gasteiger partial charge in [-0.05, 0) is 42.9 Å². The second-order valence-electron chi connectivity index (χ2n) is 5.39. The Kier molecular flexibility index (Phi) is 4.68. The van der Waals surface area contributed by atoms with Crippen LogP contribution in [0.25, 0.3) is 0 Å². The van der Waals surface area contributed by atoms with E-state index in [9.17, 15) is 4.79 Å². The molecular weight excluding hydrogens is 280 g/mol. The van der Waals surface area contributed by atoms with Gasteiger partial charge in [-0.3, -0.25) is 4.79 Å². The molecule has 1 aromatic heterocycles. The summed E-state index contributed by atoms with van der Waals surface area (Å²) in [6, 6.07) is 14.3. The molecule has 1 atom stereocenters. The fraction of sp³-hybridized carbons (Fsp3) is 0.353. The molecule has 110 valence electrons. The average Bonchev–Trinajstić information content (AvgIpc) is 3.08. The number of hydrogen-bond donors (Lipinski definition) is 2. The van der Waals surface area contributed by atoms with Crippen molar-refractivity contribution in [3.05, 3.63) is 58.3 Å². The van der Waals surface area contributed by atoms with Crippen molar-refractivity contribution in [1.82, 2.24) is 10.6 Å². The third kappa shape index (κ3) is 3.52. The number of carbonyl (C=O) groups is 1. The monoisotopic (exact) mass is 300 g/mol. The first-order chi connectivity index (χ1) is 10.3. The Morgan fingerprint density at radius 1 is 1.14 bits per heavy atom. The minimum absolute atomic E-state index is 0.0337. The summed E-state index contributed by atoms with van der Waals surface area (Å²) in [4.78, 5) is 13.7. The summed E-state index contributed by atoms with van der Waals surface area (Å²) in [7, 11) is 0. The van der Waals surface area contributed by atoms with Gasteiger partial charge in [0.05, 0.1) is 6.04 Å². The van der Waals surface area contributed by atoms with Crippen molar-refractivity contribution >= 4 is 17.2 Å². The minimum Gasteiger partial charge on any atom is -0.344 e. The summed E-state index contributed by atoms with van der Waals surface area (Å²) in [6.45, 7) is 1.88. The third-order valence-electron chi connectivity index (χ3n) is 3.96. The van der Waals surface area contributed by atoms with Crippen LogP contribution in [-0.4, -0.2) is 19.0 Å². The normalized spacial score (nSPS) is 17.3. The standard InChI is InChI=1S/C17H20N2OS/c20-17(14-8-10-18-11-9-14)19-16(15-7-4-12-21-15)13-5-2-1-3-6-13/h1-7,12,14,16,18H,8-11H2,(H,19,20). The van der Waals surface area contributed by atoms with Gasteiger partial charge in [0, 0.05) is 10.8 Å². The lowest BCUT2D eigenvalue weighted by atomic mass is 9.96. The SMILES string of the molecule is O=C(NC(c1ccccc1)c1cccs1)C1CCNCC1. The molecule has 0 aliphatic carbocycles. The van der Waals surface area contributed by atoms with Gasteiger partial charge in [0.1, 0.15) is 0 Å². The van der Waals surface area contributed by atoms with Gasteiger partial charge in [0.15, 0.2) is 0 Å². The predicted molar refractivity (Wildman–Crippen MR) is 86.3 cm³/mol. The number of nitrogens with one attached hydrogen (secondary N) is 2. The van der Waals surface area contributed by atoms with E-state index in [2.05, 4.69) is 34.2 Å². The molecule has 1 fully saturated rings. The molecule has 0 bridgehead atoms. The van der Waals surface area contributed by atoms with Crippen LogP contribution in [0.15, 0.2) is 47.8 Å². The van der Waals surface area contributed by atoms with E-state index < -0.39 is 0 Å². The second kappa shape index (κ2) is 6.87. The number of carbonyl (C=O) groups excluding carboxylic acids is 1. The van der Waals surface area contributed by atoms with Crippen LogP contribution in [0.5, 0.6) is 0 Å². The summed E-state index contributed by atoms with van der Waals surface area (Å²) in [5.74, 6) is 0.316. The first-order valence-corrected chi connectivity index (χ1v) is 8.32. The molecule has 2 N–H and O–H groups in total. The van der Waals surface area contributed by atoms with E-state index in [1.165, 1.54) is 4.88 Å². The fourth-order valence-corrected chi connectivity index (χ4v) is 3.57. The minimum atomic E-state index is -0.0337. The van der Waals surface area contributed by atoms with E-state index in [0.29, 0.717) is 0 Å². The average molecular weight is 300 g/mol. The van der Waals surface area contributed by atoms with Gasteiger partial charge in [0.2, 0.25) is 5.91 Å². The zero-order valence-electron chi connectivity index (χ0n) is 11.9. The van der Waals surface area contributed by atoms with Crippen molar-refractivity contribution in [1.29, 1.82) is 0 Å². The molecule has 4 heteroatoms. The molecule has 1 amide bonds. The molecule has 1 saturated heterocycles. The van der Waals surface area contributed by atoms with Crippen molar-refractivity contribution in [3.63, 3.8) is 0 Å².